The van der Waals surface area contributed by atoms with Gasteiger partial charge in [-0.15, -0.1) is 0 Å². The van der Waals surface area contributed by atoms with Crippen LogP contribution in [0, 0.1) is 27.2 Å². The molecule has 12 heteroatoms. The van der Waals surface area contributed by atoms with Crippen molar-refractivity contribution in [1.29, 1.82) is 0 Å². The summed E-state index contributed by atoms with van der Waals surface area (Å²) in [7, 11) is 0. The molecular weight excluding hydrogens is 402 g/mol. The van der Waals surface area contributed by atoms with E-state index in [9.17, 15) is 20.2 Å². The maximum absolute atomic E-state index is 11.6. The van der Waals surface area contributed by atoms with E-state index in [-0.39, 0.29) is 17.3 Å². The van der Waals surface area contributed by atoms with Crippen LogP contribution in [0.4, 0.5) is 34.4 Å². The Bertz CT molecular complexity index is 1080. The number of hydrazine groups is 1. The first-order valence-corrected chi connectivity index (χ1v) is 8.52. The minimum Gasteiger partial charge on any atom is -0.334 e. The van der Waals surface area contributed by atoms with Crippen LogP contribution >= 0.6 is 11.6 Å². The Morgan fingerprint density at radius 3 is 2.17 bits per heavy atom. The van der Waals surface area contributed by atoms with Crippen LogP contribution in [0.5, 0.6) is 0 Å². The van der Waals surface area contributed by atoms with E-state index >= 15 is 0 Å². The third kappa shape index (κ3) is 4.65. The van der Waals surface area contributed by atoms with Crippen LogP contribution in [0.1, 0.15) is 5.56 Å². The first kappa shape index (κ1) is 19.8. The average Bonchev–Trinajstić information content (AvgIpc) is 2.69. The first-order valence-electron chi connectivity index (χ1n) is 8.14. The van der Waals surface area contributed by atoms with E-state index in [4.69, 9.17) is 11.6 Å². The van der Waals surface area contributed by atoms with Crippen molar-refractivity contribution in [3.05, 3.63) is 79.6 Å². The van der Waals surface area contributed by atoms with Crippen LogP contribution in [-0.2, 0) is 0 Å². The summed E-state index contributed by atoms with van der Waals surface area (Å²) >= 11 is 6.09. The average molecular weight is 416 g/mol. The predicted molar refractivity (Wildman–Crippen MR) is 108 cm³/mol. The second kappa shape index (κ2) is 8.35. The topological polar surface area (TPSA) is 148 Å². The van der Waals surface area contributed by atoms with E-state index in [0.29, 0.717) is 16.4 Å². The number of hydrogen-bond donors (Lipinski definition) is 3. The third-order valence-corrected chi connectivity index (χ3v) is 4.25. The quantitative estimate of drug-likeness (QED) is 0.376. The number of nitrogens with zero attached hydrogens (tertiary/aromatic N) is 4. The lowest BCUT2D eigenvalue weighted by atomic mass is 10.2. The number of nitro benzene ring substituents is 1. The number of rotatable bonds is 7. The second-order valence-electron chi connectivity index (χ2n) is 5.82. The van der Waals surface area contributed by atoms with Gasteiger partial charge in [0.05, 0.1) is 15.5 Å². The summed E-state index contributed by atoms with van der Waals surface area (Å²) in [6.45, 7) is 1.84. The maximum atomic E-state index is 11.6. The molecule has 0 saturated carbocycles. The molecule has 11 nitrogen and oxygen atoms in total. The number of benzene rings is 2. The molecule has 0 spiro atoms. The lowest BCUT2D eigenvalue weighted by Gasteiger charge is -2.12. The Kier molecular flexibility index (Phi) is 5.69. The summed E-state index contributed by atoms with van der Waals surface area (Å²) in [5, 5.41) is 25.7. The molecule has 0 fully saturated rings. The molecule has 1 aromatic heterocycles. The molecule has 148 valence electrons. The van der Waals surface area contributed by atoms with Crippen molar-refractivity contribution in [3.8, 4) is 0 Å². The lowest BCUT2D eigenvalue weighted by molar-refractivity contribution is -0.384. The standard InChI is InChI=1S/C17H14ClN7O4/c1-10-2-3-12(8-14(10)18)21-16-15(25(28)29)17(20-9-19-16)23-22-11-4-6-13(7-5-11)24(26)27/h2-9,22H,1H3,(H2,19,20,21,23). The molecule has 2 aromatic carbocycles. The zero-order chi connectivity index (χ0) is 21.0. The number of aromatic nitrogens is 2. The van der Waals surface area contributed by atoms with Crippen LogP contribution in [0.15, 0.2) is 48.8 Å². The molecular formula is C17H14ClN7O4. The van der Waals surface area contributed by atoms with E-state index in [1.807, 2.05) is 6.92 Å². The summed E-state index contributed by atoms with van der Waals surface area (Å²) in [4.78, 5) is 29.0. The fourth-order valence-corrected chi connectivity index (χ4v) is 2.52. The van der Waals surface area contributed by atoms with Crippen molar-refractivity contribution in [3.63, 3.8) is 0 Å². The van der Waals surface area contributed by atoms with Crippen molar-refractivity contribution < 1.29 is 9.85 Å². The number of halogens is 1. The highest BCUT2D eigenvalue weighted by Crippen LogP contribution is 2.32. The zero-order valence-corrected chi connectivity index (χ0v) is 15.7. The van der Waals surface area contributed by atoms with Crippen molar-refractivity contribution >= 4 is 46.0 Å². The summed E-state index contributed by atoms with van der Waals surface area (Å²) < 4.78 is 0. The number of nitro groups is 2. The summed E-state index contributed by atoms with van der Waals surface area (Å²) in [6, 6.07) is 10.6. The van der Waals surface area contributed by atoms with Gasteiger partial charge < -0.3 is 5.32 Å². The number of aryl methyl sites for hydroxylation is 1. The van der Waals surface area contributed by atoms with Gasteiger partial charge in [-0.25, -0.2) is 9.97 Å². The van der Waals surface area contributed by atoms with Gasteiger partial charge in [-0.05, 0) is 36.8 Å². The van der Waals surface area contributed by atoms with Gasteiger partial charge >= 0.3 is 5.69 Å². The van der Waals surface area contributed by atoms with Gasteiger partial charge in [0.2, 0.25) is 11.6 Å². The summed E-state index contributed by atoms with van der Waals surface area (Å²) in [5.74, 6) is -0.123. The monoisotopic (exact) mass is 415 g/mol. The Morgan fingerprint density at radius 1 is 0.897 bits per heavy atom. The predicted octanol–water partition coefficient (Wildman–Crippen LogP) is 4.44. The molecule has 0 amide bonds. The van der Waals surface area contributed by atoms with Crippen LogP contribution < -0.4 is 16.2 Å². The molecule has 3 rings (SSSR count). The van der Waals surface area contributed by atoms with Gasteiger partial charge in [0.15, 0.2) is 0 Å². The first-order chi connectivity index (χ1) is 13.8. The normalized spacial score (nSPS) is 10.3. The van der Waals surface area contributed by atoms with Gasteiger partial charge in [0, 0.05) is 22.8 Å². The Morgan fingerprint density at radius 2 is 1.55 bits per heavy atom. The smallest absolute Gasteiger partial charge is 0.334 e. The molecule has 0 aliphatic rings. The molecule has 0 aliphatic heterocycles. The van der Waals surface area contributed by atoms with Crippen molar-refractivity contribution in [1.82, 2.24) is 9.97 Å². The summed E-state index contributed by atoms with van der Waals surface area (Å²) in [6.07, 6.45) is 1.16. The van der Waals surface area contributed by atoms with Gasteiger partial charge in [-0.1, -0.05) is 17.7 Å². The molecule has 3 N–H and O–H groups in total. The Labute approximate surface area is 169 Å². The molecule has 0 atom stereocenters. The lowest BCUT2D eigenvalue weighted by Crippen LogP contribution is -2.13. The van der Waals surface area contributed by atoms with Gasteiger partial charge in [-0.2, -0.15) is 0 Å². The zero-order valence-electron chi connectivity index (χ0n) is 14.9. The van der Waals surface area contributed by atoms with Gasteiger partial charge in [-0.3, -0.25) is 31.1 Å². The van der Waals surface area contributed by atoms with Crippen LogP contribution in [0.25, 0.3) is 0 Å². The Hall–Kier alpha value is -3.99. The highest BCUT2D eigenvalue weighted by molar-refractivity contribution is 6.31. The fourth-order valence-electron chi connectivity index (χ4n) is 2.34. The SMILES string of the molecule is Cc1ccc(Nc2ncnc(NNc3ccc([N+](=O)[O-])cc3)c2[N+](=O)[O-])cc1Cl. The largest absolute Gasteiger partial charge is 0.355 e. The molecule has 0 bridgehead atoms. The number of hydrogen-bond acceptors (Lipinski definition) is 9. The fraction of sp³-hybridized carbons (Fsp3) is 0.0588. The molecule has 0 unspecified atom stereocenters. The molecule has 0 saturated heterocycles. The van der Waals surface area contributed by atoms with Crippen molar-refractivity contribution in [2.24, 2.45) is 0 Å². The number of anilines is 4. The molecule has 0 radical (unpaired) electrons. The molecule has 3 aromatic rings. The third-order valence-electron chi connectivity index (χ3n) is 3.84. The highest BCUT2D eigenvalue weighted by atomic mass is 35.5. The van der Waals surface area contributed by atoms with Crippen LogP contribution in [0.3, 0.4) is 0 Å². The van der Waals surface area contributed by atoms with E-state index in [0.717, 1.165) is 11.9 Å². The molecule has 29 heavy (non-hydrogen) atoms. The van der Waals surface area contributed by atoms with Gasteiger partial charge in [0.1, 0.15) is 6.33 Å². The summed E-state index contributed by atoms with van der Waals surface area (Å²) in [5.41, 5.74) is 6.71. The second-order valence-corrected chi connectivity index (χ2v) is 6.23. The van der Waals surface area contributed by atoms with Crippen LogP contribution in [-0.4, -0.2) is 19.8 Å². The highest BCUT2D eigenvalue weighted by Gasteiger charge is 2.23. The maximum Gasteiger partial charge on any atom is 0.355 e. The van der Waals surface area contributed by atoms with E-state index < -0.39 is 15.5 Å². The number of non-ortho nitro benzene ring substituents is 1. The van der Waals surface area contributed by atoms with E-state index in [1.165, 1.54) is 24.3 Å². The van der Waals surface area contributed by atoms with Crippen molar-refractivity contribution in [2.45, 2.75) is 6.92 Å². The van der Waals surface area contributed by atoms with Crippen molar-refractivity contribution in [2.75, 3.05) is 16.2 Å². The Balaban J connectivity index is 1.83. The van der Waals surface area contributed by atoms with E-state index in [1.54, 1.807) is 18.2 Å². The molecule has 1 heterocycles. The number of nitrogens with one attached hydrogen (secondary N) is 3. The minimum atomic E-state index is -0.627. The van der Waals surface area contributed by atoms with E-state index in [2.05, 4.69) is 26.1 Å². The minimum absolute atomic E-state index is 0.0297. The van der Waals surface area contributed by atoms with Crippen LogP contribution in [0.2, 0.25) is 5.02 Å². The molecule has 0 aliphatic carbocycles. The van der Waals surface area contributed by atoms with Gasteiger partial charge in [0.25, 0.3) is 5.69 Å².